The van der Waals surface area contributed by atoms with Gasteiger partial charge in [-0.2, -0.15) is 0 Å². The van der Waals surface area contributed by atoms with Crippen LogP contribution >= 0.6 is 0 Å². The summed E-state index contributed by atoms with van der Waals surface area (Å²) in [5, 5.41) is 0.565. The van der Waals surface area contributed by atoms with E-state index in [0.717, 1.165) is 17.6 Å². The number of benzene rings is 1. The Morgan fingerprint density at radius 1 is 1.10 bits per heavy atom. The van der Waals surface area contributed by atoms with Crippen molar-refractivity contribution in [1.82, 2.24) is 4.98 Å². The van der Waals surface area contributed by atoms with Crippen LogP contribution in [-0.2, 0) is 6.42 Å². The lowest BCUT2D eigenvalue weighted by molar-refractivity contribution is 0.336. The van der Waals surface area contributed by atoms with Gasteiger partial charge in [-0.3, -0.25) is 4.79 Å². The van der Waals surface area contributed by atoms with Gasteiger partial charge in [-0.25, -0.2) is 0 Å². The molecule has 0 unspecified atom stereocenters. The zero-order chi connectivity index (χ0) is 15.4. The van der Waals surface area contributed by atoms with Gasteiger partial charge in [0.25, 0.3) is 0 Å². The first kappa shape index (κ1) is 15.4. The molecule has 1 aromatic carbocycles. The molecule has 0 saturated heterocycles. The lowest BCUT2D eigenvalue weighted by Gasteiger charge is -2.13. The van der Waals surface area contributed by atoms with Gasteiger partial charge in [0, 0.05) is 11.8 Å². The van der Waals surface area contributed by atoms with Crippen LogP contribution in [0.2, 0.25) is 0 Å². The summed E-state index contributed by atoms with van der Waals surface area (Å²) < 4.78 is 11.2. The van der Waals surface area contributed by atoms with E-state index < -0.39 is 0 Å². The summed E-state index contributed by atoms with van der Waals surface area (Å²) in [7, 11) is 0. The number of fused-ring (bicyclic) bond motifs is 1. The third-order valence-corrected chi connectivity index (χ3v) is 3.19. The minimum atomic E-state index is -0.0237. The number of pyridine rings is 1. The van der Waals surface area contributed by atoms with Crippen LogP contribution in [0.4, 0.5) is 0 Å². The second kappa shape index (κ2) is 6.66. The van der Waals surface area contributed by atoms with Crippen molar-refractivity contribution in [1.29, 1.82) is 0 Å². The van der Waals surface area contributed by atoms with Crippen molar-refractivity contribution in [3.63, 3.8) is 0 Å². The van der Waals surface area contributed by atoms with E-state index >= 15 is 0 Å². The van der Waals surface area contributed by atoms with Gasteiger partial charge in [-0.15, -0.1) is 0 Å². The molecule has 0 amide bonds. The lowest BCUT2D eigenvalue weighted by Crippen LogP contribution is -2.10. The Bertz CT molecular complexity index is 674. The zero-order valence-electron chi connectivity index (χ0n) is 13.2. The fraction of sp³-hybridized carbons (Fsp3) is 0.471. The van der Waals surface area contributed by atoms with Crippen molar-refractivity contribution in [2.75, 3.05) is 13.2 Å². The Morgan fingerprint density at radius 3 is 2.33 bits per heavy atom. The van der Waals surface area contributed by atoms with Gasteiger partial charge in [-0.1, -0.05) is 13.8 Å². The normalized spacial score (nSPS) is 11.1. The Balaban J connectivity index is 2.68. The van der Waals surface area contributed by atoms with Gasteiger partial charge >= 0.3 is 0 Å². The van der Waals surface area contributed by atoms with Crippen LogP contribution in [0.3, 0.4) is 0 Å². The number of aromatic amines is 1. The molecule has 0 fully saturated rings. The Kier molecular flexibility index (Phi) is 4.89. The smallest absolute Gasteiger partial charge is 0.193 e. The SMILES string of the molecule is CCOc1ccc(OCC)c2c(=O)cc(CC(C)C)[nH]c12. The monoisotopic (exact) mass is 289 g/mol. The quantitative estimate of drug-likeness (QED) is 0.885. The maximum absolute atomic E-state index is 12.5. The number of rotatable bonds is 6. The summed E-state index contributed by atoms with van der Waals surface area (Å²) in [5.41, 5.74) is 1.63. The highest BCUT2D eigenvalue weighted by Gasteiger charge is 2.13. The fourth-order valence-electron chi connectivity index (χ4n) is 2.46. The average Bonchev–Trinajstić information content (AvgIpc) is 2.41. The number of hydrogen-bond acceptors (Lipinski definition) is 3. The number of ether oxygens (including phenoxy) is 2. The molecular weight excluding hydrogens is 266 g/mol. The van der Waals surface area contributed by atoms with Gasteiger partial charge in [0.05, 0.1) is 24.1 Å². The third-order valence-electron chi connectivity index (χ3n) is 3.19. The second-order valence-corrected chi connectivity index (χ2v) is 5.43. The molecule has 4 heteroatoms. The zero-order valence-corrected chi connectivity index (χ0v) is 13.2. The van der Waals surface area contributed by atoms with E-state index in [1.54, 1.807) is 12.1 Å². The highest BCUT2D eigenvalue weighted by atomic mass is 16.5. The predicted molar refractivity (Wildman–Crippen MR) is 85.4 cm³/mol. The molecule has 1 aromatic heterocycles. The number of hydrogen-bond donors (Lipinski definition) is 1. The minimum absolute atomic E-state index is 0.0237. The Labute approximate surface area is 125 Å². The van der Waals surface area contributed by atoms with Crippen LogP contribution in [0.15, 0.2) is 23.0 Å². The van der Waals surface area contributed by atoms with Crippen molar-refractivity contribution in [3.8, 4) is 11.5 Å². The van der Waals surface area contributed by atoms with Crippen LogP contribution in [-0.4, -0.2) is 18.2 Å². The molecule has 0 atom stereocenters. The molecule has 114 valence electrons. The first-order chi connectivity index (χ1) is 10.1. The first-order valence-corrected chi connectivity index (χ1v) is 7.51. The largest absolute Gasteiger partial charge is 0.493 e. The molecule has 1 N–H and O–H groups in total. The number of aromatic nitrogens is 1. The lowest BCUT2D eigenvalue weighted by atomic mass is 10.1. The second-order valence-electron chi connectivity index (χ2n) is 5.43. The van der Waals surface area contributed by atoms with Crippen LogP contribution in [0.5, 0.6) is 11.5 Å². The Morgan fingerprint density at radius 2 is 1.71 bits per heavy atom. The standard InChI is InChI=1S/C17H23NO3/c1-5-20-14-7-8-15(21-6-2)17-16(14)13(19)10-12(18-17)9-11(3)4/h7-8,10-11H,5-6,9H2,1-4H3,(H,18,19). The van der Waals surface area contributed by atoms with E-state index in [4.69, 9.17) is 9.47 Å². The van der Waals surface area contributed by atoms with E-state index in [1.165, 1.54) is 0 Å². The van der Waals surface area contributed by atoms with E-state index in [1.807, 2.05) is 19.9 Å². The number of nitrogens with one attached hydrogen (secondary N) is 1. The van der Waals surface area contributed by atoms with E-state index in [9.17, 15) is 4.79 Å². The van der Waals surface area contributed by atoms with Crippen molar-refractivity contribution in [2.45, 2.75) is 34.1 Å². The van der Waals surface area contributed by atoms with Gasteiger partial charge in [-0.05, 0) is 38.3 Å². The van der Waals surface area contributed by atoms with Crippen LogP contribution < -0.4 is 14.9 Å². The molecular formula is C17H23NO3. The molecule has 0 aliphatic rings. The molecule has 1 heterocycles. The topological polar surface area (TPSA) is 51.3 Å². The summed E-state index contributed by atoms with van der Waals surface area (Å²) in [4.78, 5) is 15.8. The summed E-state index contributed by atoms with van der Waals surface area (Å²) >= 11 is 0. The van der Waals surface area contributed by atoms with E-state index in [2.05, 4.69) is 18.8 Å². The van der Waals surface area contributed by atoms with Gasteiger partial charge in [0.1, 0.15) is 11.5 Å². The van der Waals surface area contributed by atoms with Gasteiger partial charge < -0.3 is 14.5 Å². The van der Waals surface area contributed by atoms with Crippen molar-refractivity contribution in [2.24, 2.45) is 5.92 Å². The van der Waals surface area contributed by atoms with Crippen molar-refractivity contribution in [3.05, 3.63) is 34.1 Å². The van der Waals surface area contributed by atoms with Gasteiger partial charge in [0.2, 0.25) is 0 Å². The molecule has 0 aliphatic carbocycles. The molecule has 0 radical (unpaired) electrons. The molecule has 0 saturated carbocycles. The highest BCUT2D eigenvalue weighted by Crippen LogP contribution is 2.30. The molecule has 4 nitrogen and oxygen atoms in total. The molecule has 2 rings (SSSR count). The van der Waals surface area contributed by atoms with E-state index in [-0.39, 0.29) is 5.43 Å². The molecule has 21 heavy (non-hydrogen) atoms. The predicted octanol–water partition coefficient (Wildman–Crippen LogP) is 3.52. The van der Waals surface area contributed by atoms with Crippen LogP contribution in [0.25, 0.3) is 10.9 Å². The average molecular weight is 289 g/mol. The van der Waals surface area contributed by atoms with Crippen molar-refractivity contribution < 1.29 is 9.47 Å². The summed E-state index contributed by atoms with van der Waals surface area (Å²) in [6.45, 7) is 9.17. The van der Waals surface area contributed by atoms with Gasteiger partial charge in [0.15, 0.2) is 5.43 Å². The number of H-pyrrole nitrogens is 1. The Hall–Kier alpha value is -1.97. The third kappa shape index (κ3) is 3.38. The fourth-order valence-corrected chi connectivity index (χ4v) is 2.46. The highest BCUT2D eigenvalue weighted by molar-refractivity contribution is 5.90. The summed E-state index contributed by atoms with van der Waals surface area (Å²) in [6, 6.07) is 5.32. The maximum Gasteiger partial charge on any atom is 0.193 e. The molecule has 0 bridgehead atoms. The minimum Gasteiger partial charge on any atom is -0.493 e. The maximum atomic E-state index is 12.5. The summed E-state index contributed by atoms with van der Waals surface area (Å²) in [5.74, 6) is 1.77. The van der Waals surface area contributed by atoms with E-state index in [0.29, 0.717) is 36.0 Å². The summed E-state index contributed by atoms with van der Waals surface area (Å²) in [6.07, 6.45) is 0.829. The van der Waals surface area contributed by atoms with Crippen LogP contribution in [0.1, 0.15) is 33.4 Å². The molecule has 2 aromatic rings. The molecule has 0 aliphatic heterocycles. The first-order valence-electron chi connectivity index (χ1n) is 7.51. The van der Waals surface area contributed by atoms with Crippen LogP contribution in [0, 0.1) is 5.92 Å². The molecule has 0 spiro atoms. The van der Waals surface area contributed by atoms with Crippen molar-refractivity contribution >= 4 is 10.9 Å².